The number of ketones is 1. The van der Waals surface area contributed by atoms with Crippen LogP contribution in [0.3, 0.4) is 0 Å². The molecule has 3 heteroatoms. The Kier molecular flexibility index (Phi) is 8.80. The fraction of sp³-hybridized carbons (Fsp3) is 0.227. The van der Waals surface area contributed by atoms with Crippen LogP contribution in [0.15, 0.2) is 78.2 Å². The maximum absolute atomic E-state index is 11.2. The highest BCUT2D eigenvalue weighted by molar-refractivity contribution is 6.15. The van der Waals surface area contributed by atoms with Crippen molar-refractivity contribution in [2.75, 3.05) is 0 Å². The highest BCUT2D eigenvalue weighted by atomic mass is 16.1. The van der Waals surface area contributed by atoms with Crippen molar-refractivity contribution in [3.8, 4) is 0 Å². The molecule has 0 saturated heterocycles. The normalized spacial score (nSPS) is 14.4. The fourth-order valence-corrected chi connectivity index (χ4v) is 1.94. The zero-order chi connectivity index (χ0) is 18.7. The van der Waals surface area contributed by atoms with Gasteiger partial charge in [0.1, 0.15) is 0 Å². The zero-order valence-electron chi connectivity index (χ0n) is 15.2. The van der Waals surface area contributed by atoms with Crippen molar-refractivity contribution in [1.82, 2.24) is 4.98 Å². The van der Waals surface area contributed by atoms with Crippen molar-refractivity contribution in [2.45, 2.75) is 33.6 Å². The average Bonchev–Trinajstić information content (AvgIpc) is 2.67. The second kappa shape index (κ2) is 10.9. The van der Waals surface area contributed by atoms with Gasteiger partial charge in [-0.2, -0.15) is 0 Å². The first-order valence-corrected chi connectivity index (χ1v) is 8.31. The van der Waals surface area contributed by atoms with Gasteiger partial charge in [0.05, 0.1) is 5.57 Å². The fourth-order valence-electron chi connectivity index (χ4n) is 1.94. The summed E-state index contributed by atoms with van der Waals surface area (Å²) in [6, 6.07) is 3.70. The Bertz CT molecular complexity index is 735. The van der Waals surface area contributed by atoms with Crippen LogP contribution in [0.2, 0.25) is 0 Å². The molecule has 0 aliphatic heterocycles. The van der Waals surface area contributed by atoms with Gasteiger partial charge in [0.25, 0.3) is 0 Å². The van der Waals surface area contributed by atoms with E-state index >= 15 is 0 Å². The van der Waals surface area contributed by atoms with Crippen LogP contribution in [0.5, 0.6) is 0 Å². The van der Waals surface area contributed by atoms with Crippen molar-refractivity contribution in [1.29, 1.82) is 0 Å². The Morgan fingerprint density at radius 2 is 1.96 bits per heavy atom. The van der Waals surface area contributed by atoms with Crippen LogP contribution in [-0.2, 0) is 9.59 Å². The minimum atomic E-state index is -0.122. The largest absolute Gasteiger partial charge is 0.298 e. The summed E-state index contributed by atoms with van der Waals surface area (Å²) < 4.78 is 0. The lowest BCUT2D eigenvalue weighted by molar-refractivity contribution is -0.117. The highest BCUT2D eigenvalue weighted by Crippen LogP contribution is 2.22. The van der Waals surface area contributed by atoms with E-state index in [2.05, 4.69) is 43.6 Å². The zero-order valence-corrected chi connectivity index (χ0v) is 15.2. The number of carbonyl (C=O) groups is 2. The minimum absolute atomic E-state index is 0.122. The molecule has 3 nitrogen and oxygen atoms in total. The Labute approximate surface area is 150 Å². The molecule has 130 valence electrons. The first kappa shape index (κ1) is 20.2. The maximum Gasteiger partial charge on any atom is 0.169 e. The van der Waals surface area contributed by atoms with Crippen LogP contribution >= 0.6 is 0 Å². The summed E-state index contributed by atoms with van der Waals surface area (Å²) in [6.45, 7) is 10.1. The molecule has 0 radical (unpaired) electrons. The lowest BCUT2D eigenvalue weighted by Crippen LogP contribution is -2.06. The van der Waals surface area contributed by atoms with E-state index < -0.39 is 0 Å². The molecule has 25 heavy (non-hydrogen) atoms. The van der Waals surface area contributed by atoms with Gasteiger partial charge in [-0.05, 0) is 49.6 Å². The van der Waals surface area contributed by atoms with Crippen molar-refractivity contribution in [3.63, 3.8) is 0 Å². The number of hydrogen-bond acceptors (Lipinski definition) is 3. The second-order valence-electron chi connectivity index (χ2n) is 5.62. The van der Waals surface area contributed by atoms with E-state index in [0.717, 1.165) is 17.6 Å². The average molecular weight is 335 g/mol. The Morgan fingerprint density at radius 1 is 1.28 bits per heavy atom. The molecule has 0 bridgehead atoms. The van der Waals surface area contributed by atoms with Crippen LogP contribution in [0.4, 0.5) is 0 Å². The number of aromatic nitrogens is 1. The van der Waals surface area contributed by atoms with Crippen LogP contribution in [0.25, 0.3) is 5.57 Å². The SMILES string of the molecule is C=C(/C=C\C(C)=C/C)CC.O=CC1=CC(c2ccncc2)=CCC1=O. The molecule has 0 saturated carbocycles. The summed E-state index contributed by atoms with van der Waals surface area (Å²) in [5.41, 5.74) is 4.58. The quantitative estimate of drug-likeness (QED) is 0.430. The highest BCUT2D eigenvalue weighted by Gasteiger charge is 2.13. The van der Waals surface area contributed by atoms with Gasteiger partial charge >= 0.3 is 0 Å². The Hall–Kier alpha value is -2.81. The Morgan fingerprint density at radius 3 is 2.52 bits per heavy atom. The molecule has 1 aliphatic rings. The van der Waals surface area contributed by atoms with Gasteiger partial charge < -0.3 is 0 Å². The number of Topliss-reactive ketones (excluding diaryl/α,β-unsaturated/α-hetero) is 1. The van der Waals surface area contributed by atoms with Crippen molar-refractivity contribution in [3.05, 3.63) is 83.8 Å². The molecule has 2 rings (SSSR count). The van der Waals surface area contributed by atoms with Crippen LogP contribution < -0.4 is 0 Å². The van der Waals surface area contributed by atoms with E-state index in [1.54, 1.807) is 18.5 Å². The van der Waals surface area contributed by atoms with Crippen LogP contribution in [0, 0.1) is 0 Å². The summed E-state index contributed by atoms with van der Waals surface area (Å²) in [5, 5.41) is 0. The van der Waals surface area contributed by atoms with Gasteiger partial charge in [0.15, 0.2) is 12.1 Å². The van der Waals surface area contributed by atoms with Gasteiger partial charge in [-0.1, -0.05) is 49.0 Å². The third kappa shape index (κ3) is 7.08. The number of aldehydes is 1. The summed E-state index contributed by atoms with van der Waals surface area (Å²) in [7, 11) is 0. The summed E-state index contributed by atoms with van der Waals surface area (Å²) in [4.78, 5) is 25.8. The van der Waals surface area contributed by atoms with Gasteiger partial charge in [0, 0.05) is 18.8 Å². The molecule has 1 aliphatic carbocycles. The number of carbonyl (C=O) groups excluding carboxylic acids is 2. The predicted molar refractivity (Wildman–Crippen MR) is 104 cm³/mol. The first-order valence-electron chi connectivity index (χ1n) is 8.31. The molecule has 0 aromatic carbocycles. The van der Waals surface area contributed by atoms with E-state index in [1.807, 2.05) is 25.1 Å². The molecule has 0 fully saturated rings. The molecule has 0 unspecified atom stereocenters. The lowest BCUT2D eigenvalue weighted by atomic mass is 9.95. The molecule has 1 heterocycles. The molecule has 1 aromatic heterocycles. The second-order valence-corrected chi connectivity index (χ2v) is 5.62. The van der Waals surface area contributed by atoms with Crippen molar-refractivity contribution >= 4 is 17.6 Å². The van der Waals surface area contributed by atoms with E-state index in [-0.39, 0.29) is 11.4 Å². The molecule has 0 atom stereocenters. The summed E-state index contributed by atoms with van der Waals surface area (Å²) in [5.74, 6) is -0.122. The number of rotatable bonds is 5. The summed E-state index contributed by atoms with van der Waals surface area (Å²) >= 11 is 0. The third-order valence-corrected chi connectivity index (χ3v) is 3.77. The van der Waals surface area contributed by atoms with Crippen LogP contribution in [-0.4, -0.2) is 17.1 Å². The number of hydrogen-bond donors (Lipinski definition) is 0. The predicted octanol–water partition coefficient (Wildman–Crippen LogP) is 5.04. The van der Waals surface area contributed by atoms with Gasteiger partial charge in [-0.25, -0.2) is 0 Å². The van der Waals surface area contributed by atoms with Crippen molar-refractivity contribution in [2.24, 2.45) is 0 Å². The van der Waals surface area contributed by atoms with E-state index in [0.29, 0.717) is 12.7 Å². The van der Waals surface area contributed by atoms with Gasteiger partial charge in [-0.15, -0.1) is 0 Å². The van der Waals surface area contributed by atoms with E-state index in [9.17, 15) is 9.59 Å². The minimum Gasteiger partial charge on any atom is -0.298 e. The monoisotopic (exact) mass is 335 g/mol. The third-order valence-electron chi connectivity index (χ3n) is 3.77. The molecule has 0 amide bonds. The first-order chi connectivity index (χ1) is 12.0. The van der Waals surface area contributed by atoms with E-state index in [4.69, 9.17) is 0 Å². The molecule has 1 aromatic rings. The molecular weight excluding hydrogens is 310 g/mol. The number of allylic oxidation sites excluding steroid dienone is 9. The lowest BCUT2D eigenvalue weighted by Gasteiger charge is -2.08. The maximum atomic E-state index is 11.2. The van der Waals surface area contributed by atoms with E-state index in [1.165, 1.54) is 11.1 Å². The topological polar surface area (TPSA) is 47.0 Å². The van der Waals surface area contributed by atoms with Crippen molar-refractivity contribution < 1.29 is 9.59 Å². The van der Waals surface area contributed by atoms with Gasteiger partial charge in [-0.3, -0.25) is 14.6 Å². The number of nitrogens with zero attached hydrogens (tertiary/aromatic N) is 1. The smallest absolute Gasteiger partial charge is 0.169 e. The summed E-state index contributed by atoms with van der Waals surface area (Å²) in [6.07, 6.45) is 15.0. The number of pyridine rings is 1. The standard InChI is InChI=1S/C12H9NO2.C10H16/c14-8-11-7-10(1-2-12(11)15)9-3-5-13-6-4-9;1-5-9(3)7-8-10(4)6-2/h1,3-8H,2H2;6-8H,3,5H2,1-2,4H3/b;8-7-,10-6-. The Balaban J connectivity index is 0.000000275. The molecular formula is C22H25NO2. The molecule has 0 spiro atoms. The molecule has 0 N–H and O–H groups in total. The van der Waals surface area contributed by atoms with Crippen LogP contribution in [0.1, 0.15) is 39.2 Å². The van der Waals surface area contributed by atoms with Gasteiger partial charge in [0.2, 0.25) is 0 Å².